The van der Waals surface area contributed by atoms with E-state index in [2.05, 4.69) is 5.32 Å². The molecule has 0 fully saturated rings. The second kappa shape index (κ2) is 6.45. The van der Waals surface area contributed by atoms with Crippen LogP contribution in [-0.4, -0.2) is 0 Å². The van der Waals surface area contributed by atoms with Gasteiger partial charge in [0.1, 0.15) is 5.82 Å². The first-order valence-corrected chi connectivity index (χ1v) is 6.55. The summed E-state index contributed by atoms with van der Waals surface area (Å²) in [5.74, 6) is -0.411. The van der Waals surface area contributed by atoms with E-state index in [-0.39, 0.29) is 0 Å². The molecule has 112 valence electrons. The van der Waals surface area contributed by atoms with Crippen LogP contribution < -0.4 is 5.32 Å². The van der Waals surface area contributed by atoms with E-state index in [1.165, 1.54) is 24.3 Å². The van der Waals surface area contributed by atoms with Crippen molar-refractivity contribution in [2.45, 2.75) is 19.3 Å². The van der Waals surface area contributed by atoms with E-state index in [0.29, 0.717) is 18.1 Å². The molecule has 0 saturated heterocycles. The number of nitrogens with one attached hydrogen (secondary N) is 1. The smallest absolute Gasteiger partial charge is 0.309 e. The van der Waals surface area contributed by atoms with Crippen molar-refractivity contribution in [3.8, 4) is 0 Å². The second-order valence-corrected chi connectivity index (χ2v) is 4.94. The van der Waals surface area contributed by atoms with E-state index in [1.54, 1.807) is 6.07 Å². The Morgan fingerprint density at radius 2 is 1.62 bits per heavy atom. The van der Waals surface area contributed by atoms with Crippen LogP contribution in [0.2, 0.25) is 5.02 Å². The maximum absolute atomic E-state index is 12.9. The molecule has 2 aromatic rings. The maximum Gasteiger partial charge on any atom is 0.416 e. The van der Waals surface area contributed by atoms with Crippen molar-refractivity contribution in [2.24, 2.45) is 0 Å². The van der Waals surface area contributed by atoms with Gasteiger partial charge in [0, 0.05) is 18.1 Å². The minimum atomic E-state index is -4.33. The average Bonchev–Trinajstić information content (AvgIpc) is 2.41. The van der Waals surface area contributed by atoms with Crippen molar-refractivity contribution < 1.29 is 17.6 Å². The molecule has 0 heterocycles. The quantitative estimate of drug-likeness (QED) is 0.800. The molecule has 0 amide bonds. The van der Waals surface area contributed by atoms with Gasteiger partial charge in [-0.3, -0.25) is 0 Å². The molecule has 0 radical (unpaired) electrons. The molecule has 0 saturated carbocycles. The molecule has 1 N–H and O–H groups in total. The number of hydrogen-bond acceptors (Lipinski definition) is 1. The fraction of sp³-hybridized carbons (Fsp3) is 0.200. The van der Waals surface area contributed by atoms with E-state index in [1.807, 2.05) is 0 Å². The lowest BCUT2D eigenvalue weighted by Crippen LogP contribution is -2.13. The highest BCUT2D eigenvalue weighted by atomic mass is 35.5. The summed E-state index contributed by atoms with van der Waals surface area (Å²) in [5.41, 5.74) is 0.777. The molecular formula is C15H12ClF4N. The molecule has 0 aliphatic carbocycles. The first-order valence-electron chi connectivity index (χ1n) is 6.17. The highest BCUT2D eigenvalue weighted by Gasteiger charge is 2.29. The van der Waals surface area contributed by atoms with Crippen LogP contribution in [0.4, 0.5) is 17.6 Å². The number of hydrogen-bond donors (Lipinski definition) is 1. The van der Waals surface area contributed by atoms with Gasteiger partial charge in [0.05, 0.1) is 5.56 Å². The van der Waals surface area contributed by atoms with Gasteiger partial charge in [0.15, 0.2) is 0 Å². The summed E-state index contributed by atoms with van der Waals surface area (Å²) in [7, 11) is 0. The van der Waals surface area contributed by atoms with E-state index in [4.69, 9.17) is 11.6 Å². The maximum atomic E-state index is 12.9. The third-order valence-corrected chi connectivity index (χ3v) is 3.29. The molecule has 0 aliphatic heterocycles. The predicted octanol–water partition coefficient (Wildman–Crippen LogP) is 4.79. The lowest BCUT2D eigenvalue weighted by atomic mass is 10.1. The fourth-order valence-electron chi connectivity index (χ4n) is 1.82. The minimum Gasteiger partial charge on any atom is -0.309 e. The van der Waals surface area contributed by atoms with E-state index in [9.17, 15) is 17.6 Å². The number of halogens is 5. The molecule has 0 bridgehead atoms. The Bertz CT molecular complexity index is 608. The minimum absolute atomic E-state index is 0.315. The Labute approximate surface area is 124 Å². The summed E-state index contributed by atoms with van der Waals surface area (Å²) in [6.07, 6.45) is -4.33. The third kappa shape index (κ3) is 4.44. The number of rotatable bonds is 4. The largest absolute Gasteiger partial charge is 0.416 e. The van der Waals surface area contributed by atoms with Crippen LogP contribution in [0, 0.1) is 5.82 Å². The zero-order valence-electron chi connectivity index (χ0n) is 10.8. The summed E-state index contributed by atoms with van der Waals surface area (Å²) in [6, 6.07) is 9.02. The van der Waals surface area contributed by atoms with Crippen molar-refractivity contribution in [1.29, 1.82) is 0 Å². The average molecular weight is 318 g/mol. The summed E-state index contributed by atoms with van der Waals surface area (Å²) < 4.78 is 50.1. The number of alkyl halides is 3. The van der Waals surface area contributed by atoms with Crippen LogP contribution in [0.3, 0.4) is 0 Å². The summed E-state index contributed by atoms with van der Waals surface area (Å²) in [5, 5.41) is 3.36. The summed E-state index contributed by atoms with van der Waals surface area (Å²) >= 11 is 5.88. The lowest BCUT2D eigenvalue weighted by Gasteiger charge is -2.09. The lowest BCUT2D eigenvalue weighted by molar-refractivity contribution is -0.137. The van der Waals surface area contributed by atoms with Gasteiger partial charge in [-0.15, -0.1) is 0 Å². The predicted molar refractivity (Wildman–Crippen MR) is 73.4 cm³/mol. The molecule has 21 heavy (non-hydrogen) atoms. The highest BCUT2D eigenvalue weighted by molar-refractivity contribution is 6.31. The number of benzene rings is 2. The second-order valence-electron chi connectivity index (χ2n) is 4.53. The zero-order chi connectivity index (χ0) is 15.5. The molecule has 0 aliphatic rings. The molecule has 1 nitrogen and oxygen atoms in total. The Hall–Kier alpha value is -1.59. The van der Waals surface area contributed by atoms with Crippen molar-refractivity contribution in [1.82, 2.24) is 5.32 Å². The van der Waals surface area contributed by atoms with E-state index < -0.39 is 17.6 Å². The summed E-state index contributed by atoms with van der Waals surface area (Å²) in [6.45, 7) is 0.798. The van der Waals surface area contributed by atoms with Gasteiger partial charge >= 0.3 is 6.18 Å². The van der Waals surface area contributed by atoms with Crippen LogP contribution in [0.1, 0.15) is 16.7 Å². The third-order valence-electron chi connectivity index (χ3n) is 2.94. The van der Waals surface area contributed by atoms with Crippen molar-refractivity contribution in [2.75, 3.05) is 0 Å². The molecular weight excluding hydrogens is 306 g/mol. The molecule has 0 unspecified atom stereocenters. The van der Waals surface area contributed by atoms with E-state index >= 15 is 0 Å². The molecule has 0 spiro atoms. The Balaban J connectivity index is 1.91. The Morgan fingerprint density at radius 3 is 2.19 bits per heavy atom. The molecule has 6 heteroatoms. The Morgan fingerprint density at radius 1 is 0.952 bits per heavy atom. The van der Waals surface area contributed by atoms with Crippen LogP contribution >= 0.6 is 11.6 Å². The first kappa shape index (κ1) is 15.8. The zero-order valence-corrected chi connectivity index (χ0v) is 11.6. The van der Waals surface area contributed by atoms with Crippen LogP contribution in [0.15, 0.2) is 42.5 Å². The van der Waals surface area contributed by atoms with Crippen LogP contribution in [0.5, 0.6) is 0 Å². The van der Waals surface area contributed by atoms with Gasteiger partial charge in [0.2, 0.25) is 0 Å². The molecule has 0 aromatic heterocycles. The van der Waals surface area contributed by atoms with Crippen LogP contribution in [-0.2, 0) is 19.3 Å². The Kier molecular flexibility index (Phi) is 4.85. The van der Waals surface area contributed by atoms with Gasteiger partial charge < -0.3 is 5.32 Å². The van der Waals surface area contributed by atoms with E-state index in [0.717, 1.165) is 23.3 Å². The monoisotopic (exact) mass is 317 g/mol. The molecule has 0 atom stereocenters. The normalized spacial score (nSPS) is 11.7. The standard InChI is InChI=1S/C15H12ClF4N/c16-14-7-13(17)6-3-11(14)9-21-8-10-1-4-12(5-2-10)15(18,19)20/h1-7,21H,8-9H2. The van der Waals surface area contributed by atoms with Gasteiger partial charge in [-0.25, -0.2) is 4.39 Å². The topological polar surface area (TPSA) is 12.0 Å². The molecule has 2 aromatic carbocycles. The fourth-order valence-corrected chi connectivity index (χ4v) is 2.05. The molecule has 2 rings (SSSR count). The van der Waals surface area contributed by atoms with Gasteiger partial charge in [-0.1, -0.05) is 29.8 Å². The van der Waals surface area contributed by atoms with Gasteiger partial charge in [-0.2, -0.15) is 13.2 Å². The van der Waals surface area contributed by atoms with Gasteiger partial charge in [0.25, 0.3) is 0 Å². The van der Waals surface area contributed by atoms with Crippen molar-refractivity contribution in [3.05, 3.63) is 70.0 Å². The highest BCUT2D eigenvalue weighted by Crippen LogP contribution is 2.29. The van der Waals surface area contributed by atoms with Gasteiger partial charge in [-0.05, 0) is 35.4 Å². The van der Waals surface area contributed by atoms with Crippen molar-refractivity contribution >= 4 is 11.6 Å². The first-order chi connectivity index (χ1) is 9.86. The SMILES string of the molecule is Fc1ccc(CNCc2ccc(C(F)(F)F)cc2)c(Cl)c1. The summed E-state index contributed by atoms with van der Waals surface area (Å²) in [4.78, 5) is 0. The van der Waals surface area contributed by atoms with Crippen molar-refractivity contribution in [3.63, 3.8) is 0 Å². The van der Waals surface area contributed by atoms with Crippen LogP contribution in [0.25, 0.3) is 0 Å².